The van der Waals surface area contributed by atoms with E-state index in [2.05, 4.69) is 4.72 Å². The molecule has 0 spiro atoms. The van der Waals surface area contributed by atoms with Crippen LogP contribution in [0.15, 0.2) is 53.4 Å². The Bertz CT molecular complexity index is 880. The number of sulfonamides is 1. The van der Waals surface area contributed by atoms with Gasteiger partial charge in [0.1, 0.15) is 10.6 Å². The van der Waals surface area contributed by atoms with E-state index in [1.807, 2.05) is 44.2 Å². The van der Waals surface area contributed by atoms with Crippen molar-refractivity contribution in [3.05, 3.63) is 59.7 Å². The fraction of sp³-hybridized carbons (Fsp3) is 0.350. The van der Waals surface area contributed by atoms with Crippen molar-refractivity contribution in [2.24, 2.45) is 0 Å². The van der Waals surface area contributed by atoms with E-state index >= 15 is 0 Å². The first kappa shape index (κ1) is 20.9. The van der Waals surface area contributed by atoms with Crippen LogP contribution in [-0.4, -0.2) is 38.9 Å². The zero-order valence-corrected chi connectivity index (χ0v) is 16.9. The van der Waals surface area contributed by atoms with E-state index < -0.39 is 10.0 Å². The molecule has 0 aliphatic carbocycles. The van der Waals surface area contributed by atoms with E-state index in [4.69, 9.17) is 4.74 Å². The van der Waals surface area contributed by atoms with Crippen LogP contribution in [0, 0.1) is 6.92 Å². The zero-order chi connectivity index (χ0) is 20.0. The lowest BCUT2D eigenvalue weighted by atomic mass is 10.2. The minimum absolute atomic E-state index is 0.0250. The van der Waals surface area contributed by atoms with Gasteiger partial charge >= 0.3 is 0 Å². The third-order valence-electron chi connectivity index (χ3n) is 4.16. The highest BCUT2D eigenvalue weighted by molar-refractivity contribution is 7.89. The van der Waals surface area contributed by atoms with Crippen LogP contribution in [0.4, 0.5) is 0 Å². The van der Waals surface area contributed by atoms with Crippen molar-refractivity contribution in [2.75, 3.05) is 13.7 Å². The standard InChI is InChI=1S/C20H26N2O4S/c1-15(2)22(14-17-8-6-5-7-9-17)20(23)13-21-27(24,25)19-12-16(3)10-11-18(19)26-4/h5-12,15,21H,13-14H2,1-4H3. The average molecular weight is 391 g/mol. The molecule has 0 fully saturated rings. The molecule has 1 amide bonds. The number of carbonyl (C=O) groups is 1. The summed E-state index contributed by atoms with van der Waals surface area (Å²) in [4.78, 5) is 14.3. The third kappa shape index (κ3) is 5.55. The highest BCUT2D eigenvalue weighted by atomic mass is 32.2. The van der Waals surface area contributed by atoms with Gasteiger partial charge in [-0.3, -0.25) is 4.79 Å². The van der Waals surface area contributed by atoms with Crippen LogP contribution in [0.1, 0.15) is 25.0 Å². The number of rotatable bonds is 8. The molecule has 0 saturated heterocycles. The molecule has 0 atom stereocenters. The zero-order valence-electron chi connectivity index (χ0n) is 16.1. The Morgan fingerprint density at radius 3 is 2.41 bits per heavy atom. The number of amides is 1. The molecule has 2 aromatic carbocycles. The molecule has 1 N–H and O–H groups in total. The molecule has 0 aromatic heterocycles. The highest BCUT2D eigenvalue weighted by Crippen LogP contribution is 2.24. The molecule has 146 valence electrons. The van der Waals surface area contributed by atoms with Crippen LogP contribution < -0.4 is 9.46 Å². The molecule has 0 radical (unpaired) electrons. The van der Waals surface area contributed by atoms with Crippen molar-refractivity contribution < 1.29 is 17.9 Å². The largest absolute Gasteiger partial charge is 0.495 e. The Morgan fingerprint density at radius 1 is 1.15 bits per heavy atom. The minimum Gasteiger partial charge on any atom is -0.495 e. The summed E-state index contributed by atoms with van der Waals surface area (Å²) in [5, 5.41) is 0. The summed E-state index contributed by atoms with van der Waals surface area (Å²) in [6, 6.07) is 14.4. The van der Waals surface area contributed by atoms with E-state index in [1.165, 1.54) is 13.2 Å². The highest BCUT2D eigenvalue weighted by Gasteiger charge is 2.23. The molecule has 7 heteroatoms. The smallest absolute Gasteiger partial charge is 0.244 e. The Morgan fingerprint density at radius 2 is 1.81 bits per heavy atom. The SMILES string of the molecule is COc1ccc(C)cc1S(=O)(=O)NCC(=O)N(Cc1ccccc1)C(C)C. The summed E-state index contributed by atoms with van der Waals surface area (Å²) in [7, 11) is -2.46. The molecule has 2 aromatic rings. The van der Waals surface area contributed by atoms with Gasteiger partial charge in [0.15, 0.2) is 0 Å². The summed E-state index contributed by atoms with van der Waals surface area (Å²) in [6.07, 6.45) is 0. The van der Waals surface area contributed by atoms with Crippen LogP contribution >= 0.6 is 0 Å². The number of carbonyl (C=O) groups excluding carboxylic acids is 1. The topological polar surface area (TPSA) is 75.7 Å². The number of nitrogens with one attached hydrogen (secondary N) is 1. The number of ether oxygens (including phenoxy) is 1. The lowest BCUT2D eigenvalue weighted by Gasteiger charge is -2.27. The van der Waals surface area contributed by atoms with Crippen molar-refractivity contribution in [1.29, 1.82) is 0 Å². The lowest BCUT2D eigenvalue weighted by molar-refractivity contribution is -0.132. The fourth-order valence-corrected chi connectivity index (χ4v) is 3.90. The van der Waals surface area contributed by atoms with Crippen molar-refractivity contribution >= 4 is 15.9 Å². The van der Waals surface area contributed by atoms with Crippen molar-refractivity contribution in [3.8, 4) is 5.75 Å². The second-order valence-electron chi connectivity index (χ2n) is 6.58. The molecule has 0 bridgehead atoms. The Kier molecular flexibility index (Phi) is 6.98. The third-order valence-corrected chi connectivity index (χ3v) is 5.58. The summed E-state index contributed by atoms with van der Waals surface area (Å²) >= 11 is 0. The molecule has 0 aliphatic heterocycles. The van der Waals surface area contributed by atoms with E-state index in [9.17, 15) is 13.2 Å². The number of benzene rings is 2. The van der Waals surface area contributed by atoms with Gasteiger partial charge in [0.2, 0.25) is 15.9 Å². The maximum atomic E-state index is 12.7. The molecule has 0 saturated carbocycles. The van der Waals surface area contributed by atoms with Gasteiger partial charge in [0.05, 0.1) is 13.7 Å². The first-order valence-corrected chi connectivity index (χ1v) is 10.2. The normalized spacial score (nSPS) is 11.4. The summed E-state index contributed by atoms with van der Waals surface area (Å²) in [5.74, 6) is -0.0467. The van der Waals surface area contributed by atoms with Crippen molar-refractivity contribution in [2.45, 2.75) is 38.3 Å². The monoisotopic (exact) mass is 390 g/mol. The van der Waals surface area contributed by atoms with Gasteiger partial charge in [-0.2, -0.15) is 0 Å². The second kappa shape index (κ2) is 9.01. The van der Waals surface area contributed by atoms with Crippen molar-refractivity contribution in [1.82, 2.24) is 9.62 Å². The molecule has 0 aliphatic rings. The predicted octanol–water partition coefficient (Wildman–Crippen LogP) is 2.72. The summed E-state index contributed by atoms with van der Waals surface area (Å²) in [6.45, 7) is 5.71. The van der Waals surface area contributed by atoms with Crippen LogP contribution in [0.3, 0.4) is 0 Å². The van der Waals surface area contributed by atoms with Gasteiger partial charge in [-0.05, 0) is 44.0 Å². The molecule has 0 unspecified atom stereocenters. The lowest BCUT2D eigenvalue weighted by Crippen LogP contribution is -2.43. The van der Waals surface area contributed by atoms with Gasteiger partial charge in [-0.1, -0.05) is 36.4 Å². The Labute approximate surface area is 161 Å². The Balaban J connectivity index is 2.13. The van der Waals surface area contributed by atoms with Crippen LogP contribution in [0.5, 0.6) is 5.75 Å². The molecular weight excluding hydrogens is 364 g/mol. The van der Waals surface area contributed by atoms with Crippen molar-refractivity contribution in [3.63, 3.8) is 0 Å². The maximum Gasteiger partial charge on any atom is 0.244 e. The van der Waals surface area contributed by atoms with Crippen LogP contribution in [0.25, 0.3) is 0 Å². The van der Waals surface area contributed by atoms with Crippen LogP contribution in [-0.2, 0) is 21.4 Å². The van der Waals surface area contributed by atoms with Gasteiger partial charge in [0, 0.05) is 12.6 Å². The molecule has 6 nitrogen and oxygen atoms in total. The minimum atomic E-state index is -3.88. The quantitative estimate of drug-likeness (QED) is 0.752. The first-order valence-electron chi connectivity index (χ1n) is 8.72. The van der Waals surface area contributed by atoms with Gasteiger partial charge in [-0.25, -0.2) is 13.1 Å². The molecule has 0 heterocycles. The fourth-order valence-electron chi connectivity index (χ4n) is 2.67. The summed E-state index contributed by atoms with van der Waals surface area (Å²) in [5.41, 5.74) is 1.78. The average Bonchev–Trinajstić information content (AvgIpc) is 2.65. The van der Waals surface area contributed by atoms with E-state index in [1.54, 1.807) is 24.0 Å². The maximum absolute atomic E-state index is 12.7. The van der Waals surface area contributed by atoms with E-state index in [-0.39, 0.29) is 29.1 Å². The predicted molar refractivity (Wildman–Crippen MR) is 105 cm³/mol. The molecular formula is C20H26N2O4S. The Hall–Kier alpha value is -2.38. The number of nitrogens with zero attached hydrogens (tertiary/aromatic N) is 1. The van der Waals surface area contributed by atoms with Gasteiger partial charge < -0.3 is 9.64 Å². The number of aryl methyl sites for hydroxylation is 1. The number of hydrogen-bond donors (Lipinski definition) is 1. The van der Waals surface area contributed by atoms with Gasteiger partial charge in [0.25, 0.3) is 0 Å². The van der Waals surface area contributed by atoms with E-state index in [0.29, 0.717) is 6.54 Å². The summed E-state index contributed by atoms with van der Waals surface area (Å²) < 4.78 is 32.9. The van der Waals surface area contributed by atoms with E-state index in [0.717, 1.165) is 11.1 Å². The second-order valence-corrected chi connectivity index (χ2v) is 8.32. The van der Waals surface area contributed by atoms with Crippen LogP contribution in [0.2, 0.25) is 0 Å². The molecule has 27 heavy (non-hydrogen) atoms. The first-order chi connectivity index (χ1) is 12.7. The van der Waals surface area contributed by atoms with Gasteiger partial charge in [-0.15, -0.1) is 0 Å². The number of hydrogen-bond acceptors (Lipinski definition) is 4. The molecule has 2 rings (SSSR count). The number of methoxy groups -OCH3 is 1.